The number of aromatic nitrogens is 2. The maximum atomic E-state index is 14.7. The van der Waals surface area contributed by atoms with Gasteiger partial charge >= 0.3 is 6.18 Å². The zero-order valence-corrected chi connectivity index (χ0v) is 18.8. The molecule has 1 N–H and O–H groups in total. The Bertz CT molecular complexity index is 1290. The number of rotatable bonds is 8. The van der Waals surface area contributed by atoms with E-state index in [1.165, 1.54) is 31.0 Å². The molecule has 0 bridgehead atoms. The van der Waals surface area contributed by atoms with E-state index < -0.39 is 53.8 Å². The molecule has 188 valence electrons. The highest BCUT2D eigenvalue weighted by Gasteiger charge is 2.40. The van der Waals surface area contributed by atoms with E-state index in [-0.39, 0.29) is 35.5 Å². The molecule has 1 aromatic carbocycles. The van der Waals surface area contributed by atoms with Crippen LogP contribution in [-0.2, 0) is 0 Å². The Kier molecular flexibility index (Phi) is 7.71. The molecular formula is C23H22F6N4O2. The van der Waals surface area contributed by atoms with Crippen LogP contribution in [-0.4, -0.2) is 47.9 Å². The maximum absolute atomic E-state index is 14.7. The molecule has 0 saturated carbocycles. The largest absolute Gasteiger partial charge is 0.408 e. The standard InChI is InChI=1S/C23H22F6N4O2/c1-3-4-18(23(27,28)29)30-22(35)15-12-33(17-7-5-13(25)11-16(17)26)21-14(20(15)34)6-8-19(31-21)32(2)10-9-24/h5-8,11-12,18H,3-4,9-10H2,1-2H3,(H,30,35). The number of hydrogen-bond acceptors (Lipinski definition) is 4. The number of anilines is 1. The van der Waals surface area contributed by atoms with Crippen molar-refractivity contribution in [3.05, 3.63) is 63.9 Å². The summed E-state index contributed by atoms with van der Waals surface area (Å²) in [6.45, 7) is 0.770. The summed E-state index contributed by atoms with van der Waals surface area (Å²) in [5.41, 5.74) is -2.07. The van der Waals surface area contributed by atoms with Gasteiger partial charge in [0.2, 0.25) is 5.43 Å². The van der Waals surface area contributed by atoms with Crippen LogP contribution in [0.2, 0.25) is 0 Å². The topological polar surface area (TPSA) is 67.2 Å². The molecule has 0 aliphatic carbocycles. The lowest BCUT2D eigenvalue weighted by Gasteiger charge is -2.22. The number of carbonyl (C=O) groups excluding carboxylic acids is 1. The van der Waals surface area contributed by atoms with Gasteiger partial charge in [-0.3, -0.25) is 14.2 Å². The Labute approximate surface area is 196 Å². The monoisotopic (exact) mass is 500 g/mol. The summed E-state index contributed by atoms with van der Waals surface area (Å²) in [7, 11) is 1.53. The Morgan fingerprint density at radius 3 is 2.51 bits per heavy atom. The fraction of sp³-hybridized carbons (Fsp3) is 0.348. The van der Waals surface area contributed by atoms with Crippen LogP contribution in [0.25, 0.3) is 16.7 Å². The third-order valence-corrected chi connectivity index (χ3v) is 5.34. The van der Waals surface area contributed by atoms with Crippen LogP contribution in [0.15, 0.2) is 41.3 Å². The van der Waals surface area contributed by atoms with Gasteiger partial charge in [0.1, 0.15) is 35.7 Å². The molecule has 35 heavy (non-hydrogen) atoms. The maximum Gasteiger partial charge on any atom is 0.408 e. The molecule has 0 aliphatic rings. The van der Waals surface area contributed by atoms with Crippen LogP contribution in [0.3, 0.4) is 0 Å². The van der Waals surface area contributed by atoms with Crippen molar-refractivity contribution in [1.82, 2.24) is 14.9 Å². The average molecular weight is 500 g/mol. The third kappa shape index (κ3) is 5.57. The van der Waals surface area contributed by atoms with Crippen molar-refractivity contribution < 1.29 is 31.1 Å². The molecule has 6 nitrogen and oxygen atoms in total. The summed E-state index contributed by atoms with van der Waals surface area (Å²) in [5, 5.41) is 1.63. The minimum Gasteiger partial charge on any atom is -0.357 e. The average Bonchev–Trinajstić information content (AvgIpc) is 2.79. The Morgan fingerprint density at radius 1 is 1.20 bits per heavy atom. The second-order valence-electron chi connectivity index (χ2n) is 7.85. The van der Waals surface area contributed by atoms with E-state index in [0.29, 0.717) is 6.07 Å². The smallest absolute Gasteiger partial charge is 0.357 e. The molecule has 0 spiro atoms. The van der Waals surface area contributed by atoms with Gasteiger partial charge in [-0.15, -0.1) is 0 Å². The van der Waals surface area contributed by atoms with Gasteiger partial charge in [0, 0.05) is 25.9 Å². The molecule has 1 unspecified atom stereocenters. The highest BCUT2D eigenvalue weighted by molar-refractivity contribution is 5.97. The fourth-order valence-corrected chi connectivity index (χ4v) is 3.51. The highest BCUT2D eigenvalue weighted by atomic mass is 19.4. The Balaban J connectivity index is 2.24. The second-order valence-corrected chi connectivity index (χ2v) is 7.85. The Morgan fingerprint density at radius 2 is 1.91 bits per heavy atom. The molecule has 12 heteroatoms. The van der Waals surface area contributed by atoms with Crippen LogP contribution in [0.4, 0.5) is 32.2 Å². The summed E-state index contributed by atoms with van der Waals surface area (Å²) in [4.78, 5) is 31.5. The summed E-state index contributed by atoms with van der Waals surface area (Å²) in [5.74, 6) is -3.05. The van der Waals surface area contributed by atoms with E-state index in [0.717, 1.165) is 22.9 Å². The predicted octanol–water partition coefficient (Wildman–Crippen LogP) is 4.53. The lowest BCUT2D eigenvalue weighted by Crippen LogP contribution is -2.46. The molecule has 0 aliphatic heterocycles. The van der Waals surface area contributed by atoms with Crippen molar-refractivity contribution in [1.29, 1.82) is 0 Å². The zero-order chi connectivity index (χ0) is 25.9. The number of hydrogen-bond donors (Lipinski definition) is 1. The lowest BCUT2D eigenvalue weighted by molar-refractivity contribution is -0.154. The number of fused-ring (bicyclic) bond motifs is 1. The number of alkyl halides is 4. The van der Waals surface area contributed by atoms with Gasteiger partial charge in [0.25, 0.3) is 5.91 Å². The van der Waals surface area contributed by atoms with E-state index in [2.05, 4.69) is 4.98 Å². The summed E-state index contributed by atoms with van der Waals surface area (Å²) >= 11 is 0. The molecular weight excluding hydrogens is 478 g/mol. The van der Waals surface area contributed by atoms with Gasteiger partial charge in [0.15, 0.2) is 5.65 Å². The second kappa shape index (κ2) is 10.4. The van der Waals surface area contributed by atoms with Crippen molar-refractivity contribution in [2.75, 3.05) is 25.2 Å². The normalized spacial score (nSPS) is 12.6. The summed E-state index contributed by atoms with van der Waals surface area (Å²) < 4.78 is 81.9. The molecule has 0 saturated heterocycles. The molecule has 2 aromatic heterocycles. The van der Waals surface area contributed by atoms with Crippen LogP contribution >= 0.6 is 0 Å². The molecule has 2 heterocycles. The first kappa shape index (κ1) is 26.0. The number of pyridine rings is 2. The van der Waals surface area contributed by atoms with E-state index in [9.17, 15) is 35.9 Å². The van der Waals surface area contributed by atoms with Crippen LogP contribution in [0.1, 0.15) is 30.1 Å². The van der Waals surface area contributed by atoms with Crippen molar-refractivity contribution in [3.63, 3.8) is 0 Å². The predicted molar refractivity (Wildman–Crippen MR) is 119 cm³/mol. The first-order valence-electron chi connectivity index (χ1n) is 10.6. The lowest BCUT2D eigenvalue weighted by atomic mass is 10.1. The SMILES string of the molecule is CCCC(NC(=O)c1cn(-c2ccc(F)cc2F)c2nc(N(C)CCF)ccc2c1=O)C(F)(F)F. The molecule has 3 rings (SSSR count). The van der Waals surface area contributed by atoms with Gasteiger partial charge in [-0.1, -0.05) is 13.3 Å². The highest BCUT2D eigenvalue weighted by Crippen LogP contribution is 2.25. The number of amides is 1. The van der Waals surface area contributed by atoms with Gasteiger partial charge in [-0.2, -0.15) is 13.2 Å². The van der Waals surface area contributed by atoms with Gasteiger partial charge < -0.3 is 10.2 Å². The molecule has 0 fully saturated rings. The molecule has 3 aromatic rings. The summed E-state index contributed by atoms with van der Waals surface area (Å²) in [6, 6.07) is 2.96. The number of halogens is 6. The minimum absolute atomic E-state index is 0.0373. The van der Waals surface area contributed by atoms with Crippen molar-refractivity contribution in [2.45, 2.75) is 32.0 Å². The zero-order valence-electron chi connectivity index (χ0n) is 18.8. The number of benzene rings is 1. The number of nitrogens with one attached hydrogen (secondary N) is 1. The van der Waals surface area contributed by atoms with Gasteiger partial charge in [-0.25, -0.2) is 18.2 Å². The van der Waals surface area contributed by atoms with E-state index in [4.69, 9.17) is 0 Å². The molecule has 1 amide bonds. The molecule has 0 radical (unpaired) electrons. The number of nitrogens with zero attached hydrogens (tertiary/aromatic N) is 3. The quantitative estimate of drug-likeness (QED) is 0.462. The van der Waals surface area contributed by atoms with Gasteiger partial charge in [0.05, 0.1) is 11.1 Å². The van der Waals surface area contributed by atoms with Crippen LogP contribution in [0.5, 0.6) is 0 Å². The number of carbonyl (C=O) groups is 1. The van der Waals surface area contributed by atoms with Crippen molar-refractivity contribution in [2.24, 2.45) is 0 Å². The van der Waals surface area contributed by atoms with Crippen LogP contribution < -0.4 is 15.6 Å². The Hall–Kier alpha value is -3.57. The first-order valence-corrected chi connectivity index (χ1v) is 10.6. The minimum atomic E-state index is -4.75. The van der Waals surface area contributed by atoms with Crippen molar-refractivity contribution >= 4 is 22.8 Å². The van der Waals surface area contributed by atoms with E-state index in [1.54, 1.807) is 0 Å². The first-order chi connectivity index (χ1) is 16.5. The molecule has 1 atom stereocenters. The van der Waals surface area contributed by atoms with Gasteiger partial charge in [-0.05, 0) is 30.7 Å². The third-order valence-electron chi connectivity index (χ3n) is 5.34. The van der Waals surface area contributed by atoms with E-state index >= 15 is 0 Å². The van der Waals surface area contributed by atoms with Crippen molar-refractivity contribution in [3.8, 4) is 5.69 Å². The van der Waals surface area contributed by atoms with E-state index in [1.807, 2.05) is 5.32 Å². The summed E-state index contributed by atoms with van der Waals surface area (Å²) in [6.07, 6.45) is -4.18. The van der Waals surface area contributed by atoms with Crippen LogP contribution in [0, 0.1) is 11.6 Å². The fourth-order valence-electron chi connectivity index (χ4n) is 3.51.